The number of thiazole rings is 1. The minimum absolute atomic E-state index is 0.0413. The first kappa shape index (κ1) is 16.0. The molecule has 0 saturated heterocycles. The summed E-state index contributed by atoms with van der Waals surface area (Å²) in [4.78, 5) is 4.66. The van der Waals surface area contributed by atoms with Crippen LogP contribution in [0.15, 0.2) is 53.9 Å². The molecule has 0 spiro atoms. The molecule has 4 heteroatoms. The number of ether oxygens (including phenoxy) is 1. The highest BCUT2D eigenvalue weighted by molar-refractivity contribution is 7.10. The smallest absolute Gasteiger partial charge is 0.174 e. The molecule has 0 unspecified atom stereocenters. The zero-order valence-corrected chi connectivity index (χ0v) is 14.1. The van der Waals surface area contributed by atoms with Gasteiger partial charge in [0.05, 0.1) is 5.69 Å². The maximum atomic E-state index is 8.65. The monoisotopic (exact) mass is 332 g/mol. The minimum atomic E-state index is 0.0413. The average molecular weight is 332 g/mol. The number of nitriles is 1. The van der Waals surface area contributed by atoms with Crippen LogP contribution in [0.25, 0.3) is 23.4 Å². The zero-order valence-electron chi connectivity index (χ0n) is 13.3. The molecule has 118 valence electrons. The molecule has 0 radical (unpaired) electrons. The molecule has 0 amide bonds. The first-order chi connectivity index (χ1) is 11.8. The summed E-state index contributed by atoms with van der Waals surface area (Å²) in [7, 11) is 0. The standard InChI is InChI=1S/C20H16N2OS/c1-15-6-8-16(9-7-15)18-14-24-20(22-18)11-10-17-4-2-3-5-19(17)23-13-12-21/h2-11,14H,13H2,1H3. The van der Waals surface area contributed by atoms with Crippen molar-refractivity contribution in [2.75, 3.05) is 6.61 Å². The van der Waals surface area contributed by atoms with Crippen LogP contribution in [0.3, 0.4) is 0 Å². The summed E-state index contributed by atoms with van der Waals surface area (Å²) in [6, 6.07) is 18.0. The SMILES string of the molecule is Cc1ccc(-c2csc(C=Cc3ccccc3OCC#N)n2)cc1. The zero-order chi connectivity index (χ0) is 16.8. The van der Waals surface area contributed by atoms with E-state index in [-0.39, 0.29) is 6.61 Å². The molecule has 24 heavy (non-hydrogen) atoms. The van der Waals surface area contributed by atoms with E-state index < -0.39 is 0 Å². The topological polar surface area (TPSA) is 45.9 Å². The Morgan fingerprint density at radius 1 is 1.12 bits per heavy atom. The molecule has 1 aromatic heterocycles. The van der Waals surface area contributed by atoms with E-state index in [9.17, 15) is 0 Å². The van der Waals surface area contributed by atoms with Crippen LogP contribution in [0.2, 0.25) is 0 Å². The van der Waals surface area contributed by atoms with Gasteiger partial charge in [-0.3, -0.25) is 0 Å². The molecule has 0 bridgehead atoms. The summed E-state index contributed by atoms with van der Waals surface area (Å²) in [5, 5.41) is 11.6. The van der Waals surface area contributed by atoms with Gasteiger partial charge in [-0.15, -0.1) is 11.3 Å². The van der Waals surface area contributed by atoms with E-state index in [1.807, 2.05) is 42.5 Å². The summed E-state index contributed by atoms with van der Waals surface area (Å²) in [6.45, 7) is 2.12. The normalized spacial score (nSPS) is 10.7. The van der Waals surface area contributed by atoms with Crippen molar-refractivity contribution in [3.63, 3.8) is 0 Å². The minimum Gasteiger partial charge on any atom is -0.478 e. The molecule has 0 atom stereocenters. The summed E-state index contributed by atoms with van der Waals surface area (Å²) in [5.74, 6) is 0.700. The Labute approximate surface area is 145 Å². The van der Waals surface area contributed by atoms with Gasteiger partial charge in [0.1, 0.15) is 16.8 Å². The predicted octanol–water partition coefficient (Wildman–Crippen LogP) is 5.19. The van der Waals surface area contributed by atoms with Gasteiger partial charge in [0.2, 0.25) is 0 Å². The van der Waals surface area contributed by atoms with Crippen molar-refractivity contribution < 1.29 is 4.74 Å². The van der Waals surface area contributed by atoms with Gasteiger partial charge < -0.3 is 4.74 Å². The summed E-state index contributed by atoms with van der Waals surface area (Å²) >= 11 is 1.60. The van der Waals surface area contributed by atoms with Crippen molar-refractivity contribution in [2.45, 2.75) is 6.92 Å². The molecule has 0 aliphatic heterocycles. The Morgan fingerprint density at radius 3 is 2.71 bits per heavy atom. The van der Waals surface area contributed by atoms with Gasteiger partial charge in [-0.2, -0.15) is 5.26 Å². The lowest BCUT2D eigenvalue weighted by molar-refractivity contribution is 0.367. The van der Waals surface area contributed by atoms with Crippen LogP contribution in [0.4, 0.5) is 0 Å². The fourth-order valence-corrected chi connectivity index (χ4v) is 2.96. The molecule has 0 saturated carbocycles. The molecule has 3 aromatic rings. The Balaban J connectivity index is 1.79. The van der Waals surface area contributed by atoms with Crippen LogP contribution in [0.1, 0.15) is 16.1 Å². The highest BCUT2D eigenvalue weighted by atomic mass is 32.1. The van der Waals surface area contributed by atoms with Crippen molar-refractivity contribution in [1.82, 2.24) is 4.98 Å². The van der Waals surface area contributed by atoms with Crippen LogP contribution in [-0.4, -0.2) is 11.6 Å². The predicted molar refractivity (Wildman–Crippen MR) is 98.8 cm³/mol. The van der Waals surface area contributed by atoms with E-state index in [4.69, 9.17) is 10.00 Å². The Kier molecular flexibility index (Phi) is 5.05. The van der Waals surface area contributed by atoms with Gasteiger partial charge >= 0.3 is 0 Å². The second kappa shape index (κ2) is 7.58. The van der Waals surface area contributed by atoms with E-state index in [0.717, 1.165) is 21.8 Å². The molecular formula is C20H16N2OS. The van der Waals surface area contributed by atoms with Crippen molar-refractivity contribution in [1.29, 1.82) is 5.26 Å². The van der Waals surface area contributed by atoms with Crippen molar-refractivity contribution in [2.24, 2.45) is 0 Å². The van der Waals surface area contributed by atoms with E-state index in [2.05, 4.69) is 41.6 Å². The first-order valence-corrected chi connectivity index (χ1v) is 8.43. The van der Waals surface area contributed by atoms with Gasteiger partial charge in [0, 0.05) is 16.5 Å². The van der Waals surface area contributed by atoms with Crippen LogP contribution in [-0.2, 0) is 0 Å². The van der Waals surface area contributed by atoms with Gasteiger partial charge in [-0.25, -0.2) is 4.98 Å². The third-order valence-electron chi connectivity index (χ3n) is 3.49. The Morgan fingerprint density at radius 2 is 1.92 bits per heavy atom. The number of hydrogen-bond donors (Lipinski definition) is 0. The molecule has 0 aliphatic rings. The van der Waals surface area contributed by atoms with Gasteiger partial charge in [0.15, 0.2) is 6.61 Å². The molecule has 0 N–H and O–H groups in total. The highest BCUT2D eigenvalue weighted by Crippen LogP contribution is 2.25. The van der Waals surface area contributed by atoms with Crippen LogP contribution >= 0.6 is 11.3 Å². The van der Waals surface area contributed by atoms with Gasteiger partial charge in [0.25, 0.3) is 0 Å². The third-order valence-corrected chi connectivity index (χ3v) is 4.30. The lowest BCUT2D eigenvalue weighted by Crippen LogP contribution is -1.94. The van der Waals surface area contributed by atoms with E-state index in [0.29, 0.717) is 5.75 Å². The van der Waals surface area contributed by atoms with Crippen LogP contribution in [0, 0.1) is 18.3 Å². The molecule has 2 aromatic carbocycles. The maximum Gasteiger partial charge on any atom is 0.174 e. The Bertz CT molecular complexity index is 889. The molecular weight excluding hydrogens is 316 g/mol. The van der Waals surface area contributed by atoms with Crippen LogP contribution < -0.4 is 4.74 Å². The van der Waals surface area contributed by atoms with Crippen molar-refractivity contribution >= 4 is 23.5 Å². The van der Waals surface area contributed by atoms with E-state index in [1.165, 1.54) is 5.56 Å². The van der Waals surface area contributed by atoms with Crippen LogP contribution in [0.5, 0.6) is 5.75 Å². The van der Waals surface area contributed by atoms with Gasteiger partial charge in [-0.05, 0) is 25.1 Å². The largest absolute Gasteiger partial charge is 0.478 e. The summed E-state index contributed by atoms with van der Waals surface area (Å²) < 4.78 is 5.43. The fourth-order valence-electron chi connectivity index (χ4n) is 2.24. The number of benzene rings is 2. The first-order valence-electron chi connectivity index (χ1n) is 7.56. The van der Waals surface area contributed by atoms with Crippen molar-refractivity contribution in [3.05, 3.63) is 70.0 Å². The molecule has 0 fully saturated rings. The fraction of sp³-hybridized carbons (Fsp3) is 0.100. The molecule has 0 aliphatic carbocycles. The van der Waals surface area contributed by atoms with E-state index >= 15 is 0 Å². The lowest BCUT2D eigenvalue weighted by atomic mass is 10.1. The number of aryl methyl sites for hydroxylation is 1. The van der Waals surface area contributed by atoms with Crippen molar-refractivity contribution in [3.8, 4) is 23.1 Å². The van der Waals surface area contributed by atoms with E-state index in [1.54, 1.807) is 11.3 Å². The number of aromatic nitrogens is 1. The lowest BCUT2D eigenvalue weighted by Gasteiger charge is -2.04. The summed E-state index contributed by atoms with van der Waals surface area (Å²) in [5.41, 5.74) is 4.27. The molecule has 1 heterocycles. The Hall–Kier alpha value is -2.90. The quantitative estimate of drug-likeness (QED) is 0.646. The second-order valence-corrected chi connectivity index (χ2v) is 6.14. The molecule has 3 nitrogen and oxygen atoms in total. The average Bonchev–Trinajstić information content (AvgIpc) is 3.08. The summed E-state index contributed by atoms with van der Waals surface area (Å²) in [6.07, 6.45) is 3.93. The molecule has 3 rings (SSSR count). The maximum absolute atomic E-state index is 8.65. The number of hydrogen-bond acceptors (Lipinski definition) is 4. The van der Waals surface area contributed by atoms with Gasteiger partial charge in [-0.1, -0.05) is 48.0 Å². The second-order valence-electron chi connectivity index (χ2n) is 5.25. The third kappa shape index (κ3) is 3.89. The number of rotatable bonds is 5. The number of para-hydroxylation sites is 1. The number of nitrogens with zero attached hydrogens (tertiary/aromatic N) is 2. The highest BCUT2D eigenvalue weighted by Gasteiger charge is 2.03.